The second-order valence-corrected chi connectivity index (χ2v) is 4.98. The van der Waals surface area contributed by atoms with Crippen LogP contribution in [0.15, 0.2) is 6.07 Å². The fraction of sp³-hybridized carbons (Fsp3) is 0.727. The SMILES string of the molecule is Cc1cc([C@@H]2[C@@H](CN)C2(C)C)nn1C. The van der Waals surface area contributed by atoms with Crippen molar-refractivity contribution in [2.45, 2.75) is 26.7 Å². The minimum absolute atomic E-state index is 0.343. The highest BCUT2D eigenvalue weighted by atomic mass is 15.3. The molecule has 2 rings (SSSR count). The van der Waals surface area contributed by atoms with Crippen molar-refractivity contribution in [1.82, 2.24) is 9.78 Å². The molecule has 0 aromatic carbocycles. The number of nitrogens with zero attached hydrogens (tertiary/aromatic N) is 2. The van der Waals surface area contributed by atoms with Gasteiger partial charge in [-0.25, -0.2) is 0 Å². The van der Waals surface area contributed by atoms with Gasteiger partial charge in [-0.2, -0.15) is 5.10 Å². The van der Waals surface area contributed by atoms with Crippen molar-refractivity contribution in [3.8, 4) is 0 Å². The number of hydrogen-bond acceptors (Lipinski definition) is 2. The zero-order valence-electron chi connectivity index (χ0n) is 9.41. The maximum Gasteiger partial charge on any atom is 0.0667 e. The van der Waals surface area contributed by atoms with E-state index in [4.69, 9.17) is 5.73 Å². The van der Waals surface area contributed by atoms with E-state index < -0.39 is 0 Å². The molecular formula is C11H19N3. The third-order valence-electron chi connectivity index (χ3n) is 3.76. The Morgan fingerprint density at radius 1 is 1.57 bits per heavy atom. The summed E-state index contributed by atoms with van der Waals surface area (Å²) in [6.45, 7) is 7.41. The van der Waals surface area contributed by atoms with Crippen molar-refractivity contribution in [2.24, 2.45) is 24.1 Å². The molecule has 0 radical (unpaired) electrons. The molecule has 2 N–H and O–H groups in total. The van der Waals surface area contributed by atoms with Crippen molar-refractivity contribution in [3.63, 3.8) is 0 Å². The predicted molar refractivity (Wildman–Crippen MR) is 57.0 cm³/mol. The minimum Gasteiger partial charge on any atom is -0.330 e. The van der Waals surface area contributed by atoms with Crippen LogP contribution in [0, 0.1) is 18.3 Å². The summed E-state index contributed by atoms with van der Waals surface area (Å²) in [6.07, 6.45) is 0. The van der Waals surface area contributed by atoms with E-state index in [0.29, 0.717) is 17.3 Å². The Bertz CT molecular complexity index is 332. The van der Waals surface area contributed by atoms with Crippen molar-refractivity contribution in [2.75, 3.05) is 6.54 Å². The molecule has 3 nitrogen and oxygen atoms in total. The molecule has 1 aromatic heterocycles. The maximum atomic E-state index is 5.75. The Balaban J connectivity index is 2.26. The van der Waals surface area contributed by atoms with Crippen LogP contribution in [0.5, 0.6) is 0 Å². The van der Waals surface area contributed by atoms with Crippen LogP contribution in [-0.2, 0) is 7.05 Å². The molecule has 3 heteroatoms. The zero-order valence-corrected chi connectivity index (χ0v) is 9.41. The molecule has 2 atom stereocenters. The lowest BCUT2D eigenvalue weighted by Crippen LogP contribution is -2.05. The lowest BCUT2D eigenvalue weighted by Gasteiger charge is -1.98. The van der Waals surface area contributed by atoms with E-state index in [2.05, 4.69) is 31.9 Å². The van der Waals surface area contributed by atoms with E-state index in [9.17, 15) is 0 Å². The summed E-state index contributed by atoms with van der Waals surface area (Å²) in [5.74, 6) is 1.17. The van der Waals surface area contributed by atoms with Gasteiger partial charge >= 0.3 is 0 Å². The largest absolute Gasteiger partial charge is 0.330 e. The van der Waals surface area contributed by atoms with Gasteiger partial charge in [0, 0.05) is 18.7 Å². The maximum absolute atomic E-state index is 5.75. The molecule has 0 amide bonds. The predicted octanol–water partition coefficient (Wildman–Crippen LogP) is 1.43. The van der Waals surface area contributed by atoms with Crippen molar-refractivity contribution in [3.05, 3.63) is 17.5 Å². The molecule has 1 aromatic rings. The Hall–Kier alpha value is -0.830. The Morgan fingerprint density at radius 3 is 2.57 bits per heavy atom. The average molecular weight is 193 g/mol. The van der Waals surface area contributed by atoms with E-state index >= 15 is 0 Å². The van der Waals surface area contributed by atoms with E-state index in [1.807, 2.05) is 11.7 Å². The summed E-state index contributed by atoms with van der Waals surface area (Å²) in [5.41, 5.74) is 8.52. The fourth-order valence-corrected chi connectivity index (χ4v) is 2.51. The molecule has 1 fully saturated rings. The smallest absolute Gasteiger partial charge is 0.0667 e. The van der Waals surface area contributed by atoms with E-state index in [1.54, 1.807) is 0 Å². The van der Waals surface area contributed by atoms with Crippen LogP contribution in [0.25, 0.3) is 0 Å². The quantitative estimate of drug-likeness (QED) is 0.772. The molecule has 1 aliphatic carbocycles. The lowest BCUT2D eigenvalue weighted by atomic mass is 10.1. The molecule has 78 valence electrons. The first kappa shape index (κ1) is 9.71. The van der Waals surface area contributed by atoms with Gasteiger partial charge < -0.3 is 5.73 Å². The van der Waals surface area contributed by atoms with E-state index in [-0.39, 0.29) is 0 Å². The Morgan fingerprint density at radius 2 is 2.21 bits per heavy atom. The molecule has 14 heavy (non-hydrogen) atoms. The highest BCUT2D eigenvalue weighted by Crippen LogP contribution is 2.63. The van der Waals surface area contributed by atoms with Gasteiger partial charge in [0.25, 0.3) is 0 Å². The number of nitrogens with two attached hydrogens (primary N) is 1. The molecule has 0 spiro atoms. The second kappa shape index (κ2) is 2.83. The summed E-state index contributed by atoms with van der Waals surface area (Å²) < 4.78 is 1.94. The second-order valence-electron chi connectivity index (χ2n) is 4.98. The van der Waals surface area contributed by atoms with Gasteiger partial charge in [-0.1, -0.05) is 13.8 Å². The number of aromatic nitrogens is 2. The van der Waals surface area contributed by atoms with Crippen LogP contribution in [0.4, 0.5) is 0 Å². The van der Waals surface area contributed by atoms with Gasteiger partial charge in [-0.3, -0.25) is 4.68 Å². The molecule has 0 aliphatic heterocycles. The minimum atomic E-state index is 0.343. The first-order valence-corrected chi connectivity index (χ1v) is 5.19. The van der Waals surface area contributed by atoms with Crippen LogP contribution >= 0.6 is 0 Å². The molecule has 0 unspecified atom stereocenters. The highest BCUT2D eigenvalue weighted by Gasteiger charge is 2.58. The topological polar surface area (TPSA) is 43.8 Å². The Labute approximate surface area is 85.3 Å². The van der Waals surface area contributed by atoms with Gasteiger partial charge in [0.2, 0.25) is 0 Å². The molecule has 0 saturated heterocycles. The number of hydrogen-bond donors (Lipinski definition) is 1. The third kappa shape index (κ3) is 1.19. The molecular weight excluding hydrogens is 174 g/mol. The summed E-state index contributed by atoms with van der Waals surface area (Å²) in [4.78, 5) is 0. The molecule has 1 saturated carbocycles. The lowest BCUT2D eigenvalue weighted by molar-refractivity contribution is 0.556. The first-order valence-electron chi connectivity index (χ1n) is 5.19. The fourth-order valence-electron chi connectivity index (χ4n) is 2.51. The summed E-state index contributed by atoms with van der Waals surface area (Å²) in [6, 6.07) is 2.18. The van der Waals surface area contributed by atoms with Crippen LogP contribution < -0.4 is 5.73 Å². The van der Waals surface area contributed by atoms with Crippen molar-refractivity contribution < 1.29 is 0 Å². The average Bonchev–Trinajstić information content (AvgIpc) is 2.50. The third-order valence-corrected chi connectivity index (χ3v) is 3.76. The van der Waals surface area contributed by atoms with Crippen LogP contribution in [0.3, 0.4) is 0 Å². The van der Waals surface area contributed by atoms with Crippen LogP contribution in [-0.4, -0.2) is 16.3 Å². The van der Waals surface area contributed by atoms with Gasteiger partial charge in [0.05, 0.1) is 5.69 Å². The van der Waals surface area contributed by atoms with Gasteiger partial charge in [0.15, 0.2) is 0 Å². The highest BCUT2D eigenvalue weighted by molar-refractivity contribution is 5.27. The summed E-state index contributed by atoms with van der Waals surface area (Å²) in [7, 11) is 1.99. The normalized spacial score (nSPS) is 29.2. The van der Waals surface area contributed by atoms with E-state index in [1.165, 1.54) is 11.4 Å². The van der Waals surface area contributed by atoms with Crippen molar-refractivity contribution >= 4 is 0 Å². The van der Waals surface area contributed by atoms with E-state index in [0.717, 1.165) is 6.54 Å². The Kier molecular flexibility index (Phi) is 1.96. The van der Waals surface area contributed by atoms with Gasteiger partial charge in [-0.15, -0.1) is 0 Å². The summed E-state index contributed by atoms with van der Waals surface area (Å²) >= 11 is 0. The van der Waals surface area contributed by atoms with Gasteiger partial charge in [-0.05, 0) is 30.9 Å². The summed E-state index contributed by atoms with van der Waals surface area (Å²) in [5, 5.41) is 4.53. The number of rotatable bonds is 2. The van der Waals surface area contributed by atoms with Gasteiger partial charge in [0.1, 0.15) is 0 Å². The standard InChI is InChI=1S/C11H19N3/c1-7-5-9(13-14(7)4)10-8(6-12)11(10,2)3/h5,8,10H,6,12H2,1-4H3/t8-,10+/m1/s1. The van der Waals surface area contributed by atoms with Crippen LogP contribution in [0.2, 0.25) is 0 Å². The van der Waals surface area contributed by atoms with Crippen molar-refractivity contribution in [1.29, 1.82) is 0 Å². The molecule has 0 bridgehead atoms. The molecule has 1 aliphatic rings. The van der Waals surface area contributed by atoms with Crippen LogP contribution in [0.1, 0.15) is 31.2 Å². The number of aryl methyl sites for hydroxylation is 2. The monoisotopic (exact) mass is 193 g/mol. The zero-order chi connectivity index (χ0) is 10.5. The first-order chi connectivity index (χ1) is 6.48. The molecule has 1 heterocycles.